The minimum absolute atomic E-state index is 0.251. The molecule has 0 amide bonds. The molecule has 5 nitrogen and oxygen atoms in total. The van der Waals surface area contributed by atoms with Crippen molar-refractivity contribution < 1.29 is 9.53 Å². The van der Waals surface area contributed by atoms with Crippen LogP contribution in [-0.2, 0) is 4.74 Å². The van der Waals surface area contributed by atoms with Gasteiger partial charge in [0.05, 0.1) is 7.11 Å². The van der Waals surface area contributed by atoms with Crippen molar-refractivity contribution in [3.8, 4) is 0 Å². The second-order valence-electron chi connectivity index (χ2n) is 5.72. The predicted molar refractivity (Wildman–Crippen MR) is 78.6 cm³/mol. The van der Waals surface area contributed by atoms with Gasteiger partial charge in [0, 0.05) is 6.04 Å². The van der Waals surface area contributed by atoms with E-state index in [9.17, 15) is 4.79 Å². The molecular formula is C15H25N3O2. The van der Waals surface area contributed by atoms with E-state index in [1.165, 1.54) is 32.8 Å². The summed E-state index contributed by atoms with van der Waals surface area (Å²) in [6, 6.07) is 0.369. The Morgan fingerprint density at radius 2 is 2.05 bits per heavy atom. The molecule has 0 unspecified atom stereocenters. The van der Waals surface area contributed by atoms with E-state index in [1.54, 1.807) is 0 Å². The summed E-state index contributed by atoms with van der Waals surface area (Å²) in [5.74, 6) is 1.65. The van der Waals surface area contributed by atoms with Crippen LogP contribution >= 0.6 is 0 Å². The first kappa shape index (κ1) is 14.9. The number of hydrogen-bond acceptors (Lipinski definition) is 4. The van der Waals surface area contributed by atoms with E-state index in [1.807, 2.05) is 11.5 Å². The molecule has 1 heterocycles. The van der Waals surface area contributed by atoms with Gasteiger partial charge < -0.3 is 15.0 Å². The van der Waals surface area contributed by atoms with E-state index in [4.69, 9.17) is 10.5 Å². The van der Waals surface area contributed by atoms with Gasteiger partial charge in [0.25, 0.3) is 0 Å². The van der Waals surface area contributed by atoms with E-state index in [2.05, 4.69) is 11.9 Å². The number of aryl methyl sites for hydroxylation is 1. The third kappa shape index (κ3) is 2.81. The number of carbonyl (C=O) groups is 1. The molecule has 0 radical (unpaired) electrons. The van der Waals surface area contributed by atoms with E-state index in [0.29, 0.717) is 11.9 Å². The van der Waals surface area contributed by atoms with E-state index in [-0.39, 0.29) is 5.69 Å². The lowest BCUT2D eigenvalue weighted by Crippen LogP contribution is -2.20. The van der Waals surface area contributed by atoms with E-state index >= 15 is 0 Å². The molecule has 20 heavy (non-hydrogen) atoms. The molecule has 1 fully saturated rings. The van der Waals surface area contributed by atoms with Gasteiger partial charge >= 0.3 is 5.97 Å². The molecule has 2 rings (SSSR count). The maximum Gasteiger partial charge on any atom is 0.360 e. The number of nitrogen functional groups attached to an aromatic ring is 1. The number of aromatic nitrogens is 2. The number of esters is 1. The predicted octanol–water partition coefficient (Wildman–Crippen LogP) is 3.09. The molecule has 1 aromatic rings. The van der Waals surface area contributed by atoms with E-state index < -0.39 is 5.97 Å². The number of hydrogen-bond donors (Lipinski definition) is 1. The zero-order valence-electron chi connectivity index (χ0n) is 12.7. The van der Waals surface area contributed by atoms with Crippen molar-refractivity contribution in [1.82, 2.24) is 9.55 Å². The van der Waals surface area contributed by atoms with Gasteiger partial charge in [-0.3, -0.25) is 0 Å². The average molecular weight is 279 g/mol. The lowest BCUT2D eigenvalue weighted by Gasteiger charge is -2.30. The lowest BCUT2D eigenvalue weighted by atomic mass is 9.83. The van der Waals surface area contributed by atoms with E-state index in [0.717, 1.165) is 24.6 Å². The summed E-state index contributed by atoms with van der Waals surface area (Å²) in [4.78, 5) is 15.9. The number of imidazole rings is 1. The monoisotopic (exact) mass is 279 g/mol. The normalized spacial score (nSPS) is 22.8. The molecule has 1 saturated carbocycles. The van der Waals surface area contributed by atoms with Crippen LogP contribution in [0.1, 0.15) is 67.8 Å². The van der Waals surface area contributed by atoms with Crippen molar-refractivity contribution in [3.63, 3.8) is 0 Å². The summed E-state index contributed by atoms with van der Waals surface area (Å²) in [6.07, 6.45) is 7.29. The van der Waals surface area contributed by atoms with Crippen molar-refractivity contribution in [2.75, 3.05) is 12.8 Å². The summed E-state index contributed by atoms with van der Waals surface area (Å²) in [7, 11) is 1.35. The number of carbonyl (C=O) groups excluding carboxylic acids is 1. The largest absolute Gasteiger partial charge is 0.464 e. The Bertz CT molecular complexity index is 474. The Kier molecular flexibility index (Phi) is 4.68. The summed E-state index contributed by atoms with van der Waals surface area (Å²) >= 11 is 0. The zero-order chi connectivity index (χ0) is 14.7. The standard InChI is InChI=1S/C15H25N3O2/c1-4-5-11-6-8-12(9-7-11)18-10(2)17-13(14(18)16)15(19)20-3/h11-12H,4-9,16H2,1-3H3. The van der Waals surface area contributed by atoms with Gasteiger partial charge in [0.15, 0.2) is 5.69 Å². The van der Waals surface area contributed by atoms with Crippen LogP contribution in [0.15, 0.2) is 0 Å². The van der Waals surface area contributed by atoms with Gasteiger partial charge in [0.1, 0.15) is 11.6 Å². The highest BCUT2D eigenvalue weighted by Gasteiger charge is 2.27. The van der Waals surface area contributed by atoms with Crippen molar-refractivity contribution in [1.29, 1.82) is 0 Å². The first-order valence-corrected chi connectivity index (χ1v) is 7.51. The second kappa shape index (κ2) is 6.29. The molecule has 0 aromatic carbocycles. The van der Waals surface area contributed by atoms with Crippen LogP contribution in [0.4, 0.5) is 5.82 Å². The summed E-state index contributed by atoms with van der Waals surface area (Å²) in [5.41, 5.74) is 6.36. The van der Waals surface area contributed by atoms with Crippen LogP contribution in [0.3, 0.4) is 0 Å². The van der Waals surface area contributed by atoms with Crippen LogP contribution in [0.2, 0.25) is 0 Å². The Balaban J connectivity index is 2.14. The molecule has 0 saturated heterocycles. The molecule has 0 atom stereocenters. The molecule has 1 aliphatic rings. The van der Waals surface area contributed by atoms with Crippen molar-refractivity contribution in [2.24, 2.45) is 5.92 Å². The number of ether oxygens (including phenoxy) is 1. The first-order valence-electron chi connectivity index (χ1n) is 7.51. The van der Waals surface area contributed by atoms with Gasteiger partial charge in [0.2, 0.25) is 0 Å². The third-order valence-corrected chi connectivity index (χ3v) is 4.38. The molecule has 1 aliphatic carbocycles. The zero-order valence-corrected chi connectivity index (χ0v) is 12.7. The van der Waals surface area contributed by atoms with Gasteiger partial charge in [-0.15, -0.1) is 0 Å². The highest BCUT2D eigenvalue weighted by Crippen LogP contribution is 2.36. The molecule has 112 valence electrons. The Morgan fingerprint density at radius 1 is 1.40 bits per heavy atom. The first-order chi connectivity index (χ1) is 9.58. The lowest BCUT2D eigenvalue weighted by molar-refractivity contribution is 0.0595. The second-order valence-corrected chi connectivity index (χ2v) is 5.72. The van der Waals surface area contributed by atoms with Gasteiger partial charge in [-0.05, 0) is 38.5 Å². The summed E-state index contributed by atoms with van der Waals surface area (Å²) < 4.78 is 6.75. The van der Waals surface area contributed by atoms with Crippen LogP contribution in [0, 0.1) is 12.8 Å². The van der Waals surface area contributed by atoms with Crippen LogP contribution in [0.25, 0.3) is 0 Å². The maximum atomic E-state index is 11.6. The summed E-state index contributed by atoms with van der Waals surface area (Å²) in [6.45, 7) is 4.15. The molecule has 1 aromatic heterocycles. The third-order valence-electron chi connectivity index (χ3n) is 4.38. The molecule has 0 bridgehead atoms. The molecule has 2 N–H and O–H groups in total. The van der Waals surface area contributed by atoms with Gasteiger partial charge in [-0.2, -0.15) is 0 Å². The molecular weight excluding hydrogens is 254 g/mol. The minimum atomic E-state index is -0.455. The Morgan fingerprint density at radius 3 is 2.60 bits per heavy atom. The SMILES string of the molecule is CCCC1CCC(n2c(C)nc(C(=O)OC)c2N)CC1. The van der Waals surface area contributed by atoms with Crippen molar-refractivity contribution in [3.05, 3.63) is 11.5 Å². The fourth-order valence-corrected chi connectivity index (χ4v) is 3.37. The van der Waals surface area contributed by atoms with Crippen molar-refractivity contribution >= 4 is 11.8 Å². The fourth-order valence-electron chi connectivity index (χ4n) is 3.37. The number of nitrogens with zero attached hydrogens (tertiary/aromatic N) is 2. The maximum absolute atomic E-state index is 11.6. The van der Waals surface area contributed by atoms with Gasteiger partial charge in [-0.25, -0.2) is 9.78 Å². The Hall–Kier alpha value is -1.52. The number of nitrogens with two attached hydrogens (primary N) is 1. The van der Waals surface area contributed by atoms with Crippen LogP contribution in [0.5, 0.6) is 0 Å². The highest BCUT2D eigenvalue weighted by molar-refractivity contribution is 5.92. The molecule has 0 aliphatic heterocycles. The topological polar surface area (TPSA) is 70.1 Å². The van der Waals surface area contributed by atoms with Gasteiger partial charge in [-0.1, -0.05) is 19.8 Å². The van der Waals surface area contributed by atoms with Crippen LogP contribution in [-0.4, -0.2) is 22.6 Å². The highest BCUT2D eigenvalue weighted by atomic mass is 16.5. The molecule has 0 spiro atoms. The number of methoxy groups -OCH3 is 1. The number of rotatable bonds is 4. The number of anilines is 1. The summed E-state index contributed by atoms with van der Waals surface area (Å²) in [5, 5.41) is 0. The van der Waals surface area contributed by atoms with Crippen molar-refractivity contribution in [2.45, 2.75) is 58.4 Å². The smallest absolute Gasteiger partial charge is 0.360 e. The quantitative estimate of drug-likeness (QED) is 0.860. The van der Waals surface area contributed by atoms with Crippen LogP contribution < -0.4 is 5.73 Å². The Labute approximate surface area is 120 Å². The minimum Gasteiger partial charge on any atom is -0.464 e. The average Bonchev–Trinajstić information content (AvgIpc) is 2.75. The fraction of sp³-hybridized carbons (Fsp3) is 0.733. The molecule has 5 heteroatoms.